The molecule has 3 aliphatic heterocycles. The van der Waals surface area contributed by atoms with Crippen LogP contribution in [-0.2, 0) is 4.79 Å². The minimum absolute atomic E-state index is 0.120. The summed E-state index contributed by atoms with van der Waals surface area (Å²) in [6, 6.07) is 8.51. The number of piperidine rings is 1. The Hall–Kier alpha value is -2.26. The molecule has 1 atom stereocenters. The number of carbonyl (C=O) groups excluding carboxylic acids is 1. The summed E-state index contributed by atoms with van der Waals surface area (Å²) >= 11 is 0. The topological polar surface area (TPSA) is 65.8 Å². The van der Waals surface area contributed by atoms with Gasteiger partial charge >= 0.3 is 0 Å². The zero-order chi connectivity index (χ0) is 17.9. The van der Waals surface area contributed by atoms with Gasteiger partial charge in [-0.3, -0.25) is 9.69 Å². The van der Waals surface area contributed by atoms with Gasteiger partial charge in [0.15, 0.2) is 11.5 Å². The molecule has 1 amide bonds. The van der Waals surface area contributed by atoms with Crippen LogP contribution in [0.3, 0.4) is 0 Å². The number of hydrogen-bond acceptors (Lipinski definition) is 5. The van der Waals surface area contributed by atoms with Gasteiger partial charge in [-0.2, -0.15) is 5.26 Å². The van der Waals surface area contributed by atoms with E-state index in [2.05, 4.69) is 17.0 Å². The number of benzene rings is 1. The molecule has 1 unspecified atom stereocenters. The minimum Gasteiger partial charge on any atom is -0.486 e. The van der Waals surface area contributed by atoms with Gasteiger partial charge in [0.25, 0.3) is 0 Å². The van der Waals surface area contributed by atoms with Gasteiger partial charge in [-0.25, -0.2) is 0 Å². The standard InChI is InChI=1S/C20H25N3O3/c21-13-15-5-8-22(9-6-15)14-20(24)23-7-1-2-17(23)16-3-4-18-19(12-16)26-11-10-25-18/h3-4,12,15,17H,1-2,5-11,14H2. The van der Waals surface area contributed by atoms with E-state index in [1.807, 2.05) is 17.0 Å². The van der Waals surface area contributed by atoms with Crippen LogP contribution in [0.15, 0.2) is 18.2 Å². The van der Waals surface area contributed by atoms with Crippen LogP contribution < -0.4 is 9.47 Å². The number of rotatable bonds is 3. The summed E-state index contributed by atoms with van der Waals surface area (Å²) in [4.78, 5) is 17.1. The zero-order valence-electron chi connectivity index (χ0n) is 15.0. The number of carbonyl (C=O) groups is 1. The number of fused-ring (bicyclic) bond motifs is 1. The smallest absolute Gasteiger partial charge is 0.237 e. The molecule has 0 saturated carbocycles. The monoisotopic (exact) mass is 355 g/mol. The molecule has 0 bridgehead atoms. The summed E-state index contributed by atoms with van der Waals surface area (Å²) < 4.78 is 11.3. The molecule has 3 heterocycles. The second kappa shape index (κ2) is 7.55. The van der Waals surface area contributed by atoms with Crippen molar-refractivity contribution in [3.05, 3.63) is 23.8 Å². The fraction of sp³-hybridized carbons (Fsp3) is 0.600. The first-order chi connectivity index (χ1) is 12.7. The Bertz CT molecular complexity index is 707. The summed E-state index contributed by atoms with van der Waals surface area (Å²) in [6.45, 7) is 4.11. The summed E-state index contributed by atoms with van der Waals surface area (Å²) in [5.41, 5.74) is 1.13. The van der Waals surface area contributed by atoms with Gasteiger partial charge < -0.3 is 14.4 Å². The van der Waals surface area contributed by atoms with Crippen LogP contribution in [0.2, 0.25) is 0 Å². The van der Waals surface area contributed by atoms with E-state index in [0.29, 0.717) is 19.8 Å². The second-order valence-electron chi connectivity index (χ2n) is 7.33. The van der Waals surface area contributed by atoms with Gasteiger partial charge in [0.1, 0.15) is 13.2 Å². The Kier molecular flexibility index (Phi) is 4.98. The molecule has 0 spiro atoms. The average molecular weight is 355 g/mol. The highest BCUT2D eigenvalue weighted by atomic mass is 16.6. The molecule has 0 N–H and O–H groups in total. The van der Waals surface area contributed by atoms with E-state index in [1.54, 1.807) is 0 Å². The first-order valence-electron chi connectivity index (χ1n) is 9.55. The van der Waals surface area contributed by atoms with Gasteiger partial charge in [0.05, 0.1) is 18.7 Å². The van der Waals surface area contributed by atoms with Gasteiger partial charge in [0, 0.05) is 12.5 Å². The maximum atomic E-state index is 12.9. The molecule has 2 fully saturated rings. The quantitative estimate of drug-likeness (QED) is 0.833. The number of ether oxygens (including phenoxy) is 2. The molecule has 0 aliphatic carbocycles. The van der Waals surface area contributed by atoms with Crippen molar-refractivity contribution in [1.29, 1.82) is 5.26 Å². The molecular weight excluding hydrogens is 330 g/mol. The molecule has 0 aromatic heterocycles. The van der Waals surface area contributed by atoms with Crippen molar-refractivity contribution in [2.45, 2.75) is 31.7 Å². The van der Waals surface area contributed by atoms with Crippen molar-refractivity contribution in [2.75, 3.05) is 39.4 Å². The normalized spacial score (nSPS) is 23.7. The van der Waals surface area contributed by atoms with Crippen LogP contribution in [-0.4, -0.2) is 55.1 Å². The van der Waals surface area contributed by atoms with E-state index in [4.69, 9.17) is 14.7 Å². The van der Waals surface area contributed by atoms with Crippen LogP contribution in [0.5, 0.6) is 11.5 Å². The van der Waals surface area contributed by atoms with Crippen LogP contribution in [0, 0.1) is 17.2 Å². The van der Waals surface area contributed by atoms with Crippen molar-refractivity contribution in [1.82, 2.24) is 9.80 Å². The number of amides is 1. The van der Waals surface area contributed by atoms with Crippen LogP contribution in [0.25, 0.3) is 0 Å². The van der Waals surface area contributed by atoms with Crippen LogP contribution in [0.1, 0.15) is 37.3 Å². The largest absolute Gasteiger partial charge is 0.486 e. The van der Waals surface area contributed by atoms with E-state index in [9.17, 15) is 4.79 Å². The predicted molar refractivity (Wildman–Crippen MR) is 95.9 cm³/mol. The first kappa shape index (κ1) is 17.2. The van der Waals surface area contributed by atoms with Crippen molar-refractivity contribution in [3.8, 4) is 17.6 Å². The molecule has 26 heavy (non-hydrogen) atoms. The van der Waals surface area contributed by atoms with E-state index < -0.39 is 0 Å². The molecule has 2 saturated heterocycles. The molecule has 3 aliphatic rings. The molecule has 0 radical (unpaired) electrons. The fourth-order valence-electron chi connectivity index (χ4n) is 4.18. The van der Waals surface area contributed by atoms with Crippen molar-refractivity contribution in [3.63, 3.8) is 0 Å². The molecule has 1 aromatic carbocycles. The molecular formula is C20H25N3O3. The Morgan fingerprint density at radius 1 is 1.12 bits per heavy atom. The van der Waals surface area contributed by atoms with Crippen molar-refractivity contribution in [2.24, 2.45) is 5.92 Å². The summed E-state index contributed by atoms with van der Waals surface area (Å²) in [7, 11) is 0. The third kappa shape index (κ3) is 3.49. The van der Waals surface area contributed by atoms with E-state index in [-0.39, 0.29) is 17.9 Å². The summed E-state index contributed by atoms with van der Waals surface area (Å²) in [5.74, 6) is 1.92. The third-order valence-corrected chi connectivity index (χ3v) is 5.65. The lowest BCUT2D eigenvalue weighted by molar-refractivity contribution is -0.133. The van der Waals surface area contributed by atoms with E-state index in [0.717, 1.165) is 62.4 Å². The lowest BCUT2D eigenvalue weighted by atomic mass is 9.98. The van der Waals surface area contributed by atoms with Gasteiger partial charge in [-0.05, 0) is 56.5 Å². The van der Waals surface area contributed by atoms with Crippen molar-refractivity contribution >= 4 is 5.91 Å². The number of likely N-dealkylation sites (tertiary alicyclic amines) is 2. The molecule has 6 nitrogen and oxygen atoms in total. The number of nitrogens with zero attached hydrogens (tertiary/aromatic N) is 3. The van der Waals surface area contributed by atoms with E-state index >= 15 is 0 Å². The summed E-state index contributed by atoms with van der Waals surface area (Å²) in [6.07, 6.45) is 3.76. The van der Waals surface area contributed by atoms with Crippen molar-refractivity contribution < 1.29 is 14.3 Å². The lowest BCUT2D eigenvalue weighted by Gasteiger charge is -2.32. The highest BCUT2D eigenvalue weighted by molar-refractivity contribution is 5.79. The number of nitriles is 1. The molecule has 6 heteroatoms. The Morgan fingerprint density at radius 3 is 2.65 bits per heavy atom. The highest BCUT2D eigenvalue weighted by Gasteiger charge is 2.32. The fourth-order valence-corrected chi connectivity index (χ4v) is 4.18. The zero-order valence-corrected chi connectivity index (χ0v) is 15.0. The Morgan fingerprint density at radius 2 is 1.88 bits per heavy atom. The average Bonchev–Trinajstić information content (AvgIpc) is 3.18. The highest BCUT2D eigenvalue weighted by Crippen LogP contribution is 2.38. The summed E-state index contributed by atoms with van der Waals surface area (Å²) in [5, 5.41) is 9.01. The predicted octanol–water partition coefficient (Wildman–Crippen LogP) is 2.36. The number of hydrogen-bond donors (Lipinski definition) is 0. The van der Waals surface area contributed by atoms with Gasteiger partial charge in [-0.15, -0.1) is 0 Å². The lowest BCUT2D eigenvalue weighted by Crippen LogP contribution is -2.43. The maximum Gasteiger partial charge on any atom is 0.237 e. The second-order valence-corrected chi connectivity index (χ2v) is 7.33. The van der Waals surface area contributed by atoms with Gasteiger partial charge in [-0.1, -0.05) is 6.07 Å². The SMILES string of the molecule is N#CC1CCN(CC(=O)N2CCCC2c2ccc3c(c2)OCCO3)CC1. The Labute approximate surface area is 154 Å². The van der Waals surface area contributed by atoms with Gasteiger partial charge in [0.2, 0.25) is 5.91 Å². The minimum atomic E-state index is 0.120. The van der Waals surface area contributed by atoms with E-state index in [1.165, 1.54) is 0 Å². The molecule has 1 aromatic rings. The van der Waals surface area contributed by atoms with Crippen LogP contribution >= 0.6 is 0 Å². The Balaban J connectivity index is 1.42. The molecule has 4 rings (SSSR count). The maximum absolute atomic E-state index is 12.9. The third-order valence-electron chi connectivity index (χ3n) is 5.65. The first-order valence-corrected chi connectivity index (χ1v) is 9.55. The van der Waals surface area contributed by atoms with Crippen LogP contribution in [0.4, 0.5) is 0 Å². The molecule has 138 valence electrons.